The van der Waals surface area contributed by atoms with Crippen LogP contribution < -0.4 is 25.0 Å². The number of ether oxygens (including phenoxy) is 1. The fourth-order valence-electron chi connectivity index (χ4n) is 3.48. The maximum atomic E-state index is 12.2. The summed E-state index contributed by atoms with van der Waals surface area (Å²) in [6.45, 7) is 2.49. The monoisotopic (exact) mass is 574 g/mol. The largest absolute Gasteiger partial charge is 0.497 e. The summed E-state index contributed by atoms with van der Waals surface area (Å²) in [5.41, 5.74) is 1.14. The highest BCUT2D eigenvalue weighted by atomic mass is 127. The SMILES string of the molecule is CN=C(NCCNS(=O)(=O)c1cccnc1)NC1CCCN(c2cccc(OC)c2)C1.I. The molecule has 1 aromatic heterocycles. The van der Waals surface area contributed by atoms with Crippen LogP contribution in [-0.2, 0) is 10.0 Å². The van der Waals surface area contributed by atoms with Gasteiger partial charge in [0.15, 0.2) is 5.96 Å². The first kappa shape index (κ1) is 26.1. The second kappa shape index (κ2) is 12.8. The van der Waals surface area contributed by atoms with Crippen LogP contribution in [0.5, 0.6) is 5.75 Å². The van der Waals surface area contributed by atoms with E-state index in [2.05, 4.69) is 36.3 Å². The highest BCUT2D eigenvalue weighted by Crippen LogP contribution is 2.24. The van der Waals surface area contributed by atoms with Crippen LogP contribution in [0.2, 0.25) is 0 Å². The first-order chi connectivity index (χ1) is 15.0. The molecule has 1 atom stereocenters. The Bertz CT molecular complexity index is 975. The maximum Gasteiger partial charge on any atom is 0.242 e. The Balaban J connectivity index is 0.00000363. The number of pyridine rings is 1. The number of hydrogen-bond acceptors (Lipinski definition) is 6. The number of nitrogens with one attached hydrogen (secondary N) is 3. The molecule has 0 aliphatic carbocycles. The van der Waals surface area contributed by atoms with Crippen LogP contribution in [0.15, 0.2) is 58.7 Å². The van der Waals surface area contributed by atoms with Crippen LogP contribution in [-0.4, -0.2) is 65.7 Å². The first-order valence-electron chi connectivity index (χ1n) is 10.3. The molecule has 1 aromatic carbocycles. The fraction of sp³-hybridized carbons (Fsp3) is 0.429. The quantitative estimate of drug-likeness (QED) is 0.191. The highest BCUT2D eigenvalue weighted by molar-refractivity contribution is 14.0. The van der Waals surface area contributed by atoms with Crippen molar-refractivity contribution in [3.63, 3.8) is 0 Å². The van der Waals surface area contributed by atoms with Gasteiger partial charge in [-0.05, 0) is 37.1 Å². The topological polar surface area (TPSA) is 108 Å². The third kappa shape index (κ3) is 7.48. The van der Waals surface area contributed by atoms with Gasteiger partial charge in [-0.1, -0.05) is 6.07 Å². The van der Waals surface area contributed by atoms with E-state index in [1.54, 1.807) is 20.2 Å². The summed E-state index contributed by atoms with van der Waals surface area (Å²) in [5.74, 6) is 1.50. The van der Waals surface area contributed by atoms with Crippen molar-refractivity contribution in [1.29, 1.82) is 0 Å². The Labute approximate surface area is 207 Å². The molecular formula is C21H31IN6O3S. The predicted molar refractivity (Wildman–Crippen MR) is 138 cm³/mol. The lowest BCUT2D eigenvalue weighted by molar-refractivity contribution is 0.414. The lowest BCUT2D eigenvalue weighted by Crippen LogP contribution is -2.52. The third-order valence-electron chi connectivity index (χ3n) is 5.06. The number of hydrogen-bond donors (Lipinski definition) is 3. The summed E-state index contributed by atoms with van der Waals surface area (Å²) < 4.78 is 32.4. The van der Waals surface area contributed by atoms with E-state index in [1.165, 1.54) is 18.5 Å². The zero-order valence-electron chi connectivity index (χ0n) is 18.3. The predicted octanol–water partition coefficient (Wildman–Crippen LogP) is 1.82. The first-order valence-corrected chi connectivity index (χ1v) is 11.8. The van der Waals surface area contributed by atoms with Crippen molar-refractivity contribution in [2.75, 3.05) is 45.2 Å². The van der Waals surface area contributed by atoms with E-state index in [9.17, 15) is 8.42 Å². The van der Waals surface area contributed by atoms with Crippen molar-refractivity contribution in [1.82, 2.24) is 20.3 Å². The van der Waals surface area contributed by atoms with E-state index >= 15 is 0 Å². The Hall–Kier alpha value is -2.12. The third-order valence-corrected chi connectivity index (χ3v) is 6.50. The standard InChI is InChI=1S/C21H30N6O3S.HI/c1-22-21(24-11-12-25-31(28,29)20-9-4-10-23-15-20)26-17-6-5-13-27(16-17)18-7-3-8-19(14-18)30-2;/h3-4,7-10,14-15,17,25H,5-6,11-13,16H2,1-2H3,(H2,22,24,26);1H. The molecule has 11 heteroatoms. The van der Waals surface area contributed by atoms with Gasteiger partial charge in [0, 0.05) is 63.4 Å². The molecular weight excluding hydrogens is 543 g/mol. The van der Waals surface area contributed by atoms with E-state index in [4.69, 9.17) is 4.74 Å². The summed E-state index contributed by atoms with van der Waals surface area (Å²) >= 11 is 0. The van der Waals surface area contributed by atoms with Crippen molar-refractivity contribution in [2.45, 2.75) is 23.8 Å². The number of halogens is 1. The zero-order valence-corrected chi connectivity index (χ0v) is 21.5. The van der Waals surface area contributed by atoms with Gasteiger partial charge in [-0.15, -0.1) is 24.0 Å². The number of methoxy groups -OCH3 is 1. The Morgan fingerprint density at radius 1 is 1.28 bits per heavy atom. The van der Waals surface area contributed by atoms with Crippen LogP contribution in [0.1, 0.15) is 12.8 Å². The Morgan fingerprint density at radius 2 is 2.12 bits per heavy atom. The molecule has 0 bridgehead atoms. The minimum Gasteiger partial charge on any atom is -0.497 e. The number of nitrogens with zero attached hydrogens (tertiary/aromatic N) is 3. The van der Waals surface area contributed by atoms with Crippen LogP contribution >= 0.6 is 24.0 Å². The number of piperidine rings is 1. The fourth-order valence-corrected chi connectivity index (χ4v) is 4.48. The van der Waals surface area contributed by atoms with Crippen LogP contribution in [0.4, 0.5) is 5.69 Å². The highest BCUT2D eigenvalue weighted by Gasteiger charge is 2.21. The average molecular weight is 574 g/mol. The summed E-state index contributed by atoms with van der Waals surface area (Å²) in [4.78, 5) is 10.6. The zero-order chi connectivity index (χ0) is 22.1. The van der Waals surface area contributed by atoms with Gasteiger partial charge < -0.3 is 20.3 Å². The van der Waals surface area contributed by atoms with Crippen LogP contribution in [0, 0.1) is 0 Å². The van der Waals surface area contributed by atoms with Crippen molar-refractivity contribution in [3.8, 4) is 5.75 Å². The molecule has 2 heterocycles. The summed E-state index contributed by atoms with van der Waals surface area (Å²) in [7, 11) is -0.187. The van der Waals surface area contributed by atoms with Gasteiger partial charge in [-0.2, -0.15) is 0 Å². The molecule has 1 aliphatic heterocycles. The summed E-state index contributed by atoms with van der Waals surface area (Å²) in [5, 5.41) is 6.61. The molecule has 3 N–H and O–H groups in total. The average Bonchev–Trinajstić information content (AvgIpc) is 2.82. The molecule has 9 nitrogen and oxygen atoms in total. The van der Waals surface area contributed by atoms with E-state index < -0.39 is 10.0 Å². The van der Waals surface area contributed by atoms with Crippen molar-refractivity contribution < 1.29 is 13.2 Å². The van der Waals surface area contributed by atoms with Crippen LogP contribution in [0.25, 0.3) is 0 Å². The van der Waals surface area contributed by atoms with E-state index in [0.29, 0.717) is 12.5 Å². The number of aromatic nitrogens is 1. The molecule has 1 saturated heterocycles. The molecule has 3 rings (SSSR count). The number of anilines is 1. The molecule has 0 radical (unpaired) electrons. The lowest BCUT2D eigenvalue weighted by atomic mass is 10.0. The smallest absolute Gasteiger partial charge is 0.242 e. The molecule has 2 aromatic rings. The van der Waals surface area contributed by atoms with Gasteiger partial charge in [0.05, 0.1) is 7.11 Å². The normalized spacial score (nSPS) is 16.8. The minimum absolute atomic E-state index is 0. The minimum atomic E-state index is -3.57. The molecule has 1 aliphatic rings. The van der Waals surface area contributed by atoms with Gasteiger partial charge in [-0.3, -0.25) is 9.98 Å². The number of aliphatic imine (C=N–C) groups is 1. The van der Waals surface area contributed by atoms with Gasteiger partial charge in [0.25, 0.3) is 0 Å². The number of guanidine groups is 1. The Morgan fingerprint density at radius 3 is 2.84 bits per heavy atom. The molecule has 0 amide bonds. The molecule has 0 spiro atoms. The van der Waals surface area contributed by atoms with E-state index in [-0.39, 0.29) is 41.5 Å². The number of benzene rings is 1. The number of rotatable bonds is 8. The van der Waals surface area contributed by atoms with Gasteiger partial charge in [0.1, 0.15) is 10.6 Å². The second-order valence-electron chi connectivity index (χ2n) is 7.22. The van der Waals surface area contributed by atoms with Crippen LogP contribution in [0.3, 0.4) is 0 Å². The summed E-state index contributed by atoms with van der Waals surface area (Å²) in [6.07, 6.45) is 4.97. The maximum absolute atomic E-state index is 12.2. The molecule has 176 valence electrons. The van der Waals surface area contributed by atoms with Crippen molar-refractivity contribution in [3.05, 3.63) is 48.8 Å². The number of sulfonamides is 1. The molecule has 32 heavy (non-hydrogen) atoms. The Kier molecular flexibility index (Phi) is 10.5. The van der Waals surface area contributed by atoms with Gasteiger partial charge >= 0.3 is 0 Å². The van der Waals surface area contributed by atoms with Gasteiger partial charge in [-0.25, -0.2) is 13.1 Å². The van der Waals surface area contributed by atoms with E-state index in [0.717, 1.165) is 37.4 Å². The van der Waals surface area contributed by atoms with Crippen molar-refractivity contribution >= 4 is 45.6 Å². The lowest BCUT2D eigenvalue weighted by Gasteiger charge is -2.35. The summed E-state index contributed by atoms with van der Waals surface area (Å²) in [6, 6.07) is 11.4. The second-order valence-corrected chi connectivity index (χ2v) is 8.98. The molecule has 1 unspecified atom stereocenters. The molecule has 1 fully saturated rings. The van der Waals surface area contributed by atoms with E-state index in [1.807, 2.05) is 18.2 Å². The van der Waals surface area contributed by atoms with Gasteiger partial charge in [0.2, 0.25) is 10.0 Å². The molecule has 0 saturated carbocycles. The van der Waals surface area contributed by atoms with Crippen molar-refractivity contribution in [2.24, 2.45) is 4.99 Å².